The van der Waals surface area contributed by atoms with Gasteiger partial charge in [0.1, 0.15) is 0 Å². The first-order valence-electron chi connectivity index (χ1n) is 4.87. The number of aromatic nitrogens is 1. The molecule has 2 aromatic rings. The van der Waals surface area contributed by atoms with Gasteiger partial charge in [-0.05, 0) is 36.2 Å². The van der Waals surface area contributed by atoms with Crippen molar-refractivity contribution in [1.29, 1.82) is 0 Å². The molecule has 0 spiro atoms. The summed E-state index contributed by atoms with van der Waals surface area (Å²) in [5.74, 6) is 0. The monoisotopic (exact) mass is 231 g/mol. The van der Waals surface area contributed by atoms with Crippen molar-refractivity contribution in [3.05, 3.63) is 52.8 Å². The third-order valence-corrected chi connectivity index (χ3v) is 2.68. The first-order valence-corrected chi connectivity index (χ1v) is 5.25. The number of carbonyl (C=O) groups is 1. The van der Waals surface area contributed by atoms with Crippen molar-refractivity contribution in [2.75, 3.05) is 0 Å². The average Bonchev–Trinajstić information content (AvgIpc) is 2.29. The van der Waals surface area contributed by atoms with Gasteiger partial charge in [-0.2, -0.15) is 0 Å². The van der Waals surface area contributed by atoms with Crippen molar-refractivity contribution in [2.24, 2.45) is 0 Å². The van der Waals surface area contributed by atoms with Crippen LogP contribution in [0.1, 0.15) is 15.9 Å². The smallest absolute Gasteiger partial charge is 0.151 e. The highest BCUT2D eigenvalue weighted by Gasteiger charge is 2.03. The van der Waals surface area contributed by atoms with Gasteiger partial charge in [0.05, 0.1) is 5.02 Å². The first-order chi connectivity index (χ1) is 7.70. The molecular formula is C13H10ClNO. The molecule has 16 heavy (non-hydrogen) atoms. The number of benzene rings is 1. The Hall–Kier alpha value is -1.67. The Morgan fingerprint density at radius 1 is 1.19 bits per heavy atom. The van der Waals surface area contributed by atoms with Gasteiger partial charge >= 0.3 is 0 Å². The molecule has 2 rings (SSSR count). The summed E-state index contributed by atoms with van der Waals surface area (Å²) in [5.41, 5.74) is 3.52. The molecule has 0 unspecified atom stereocenters. The van der Waals surface area contributed by atoms with Crippen molar-refractivity contribution in [3.63, 3.8) is 0 Å². The van der Waals surface area contributed by atoms with Crippen LogP contribution in [-0.2, 0) is 0 Å². The van der Waals surface area contributed by atoms with Crippen molar-refractivity contribution < 1.29 is 4.79 Å². The van der Waals surface area contributed by atoms with Crippen LogP contribution in [0.3, 0.4) is 0 Å². The quantitative estimate of drug-likeness (QED) is 0.741. The summed E-state index contributed by atoms with van der Waals surface area (Å²) >= 11 is 5.87. The third-order valence-electron chi connectivity index (χ3n) is 2.33. The molecule has 0 aliphatic rings. The highest BCUT2D eigenvalue weighted by atomic mass is 35.5. The summed E-state index contributed by atoms with van der Waals surface area (Å²) in [6, 6.07) is 7.39. The highest BCUT2D eigenvalue weighted by molar-refractivity contribution is 6.33. The number of aryl methyl sites for hydroxylation is 1. The van der Waals surface area contributed by atoms with E-state index < -0.39 is 0 Å². The SMILES string of the molecule is Cc1cncc(-c2ccc(Cl)c(C=O)c2)c1. The zero-order valence-electron chi connectivity index (χ0n) is 8.77. The van der Waals surface area contributed by atoms with E-state index in [4.69, 9.17) is 11.6 Å². The van der Waals surface area contributed by atoms with Crippen LogP contribution in [0.15, 0.2) is 36.7 Å². The van der Waals surface area contributed by atoms with Crippen LogP contribution in [0.2, 0.25) is 5.02 Å². The normalized spacial score (nSPS) is 10.1. The zero-order chi connectivity index (χ0) is 11.5. The summed E-state index contributed by atoms with van der Waals surface area (Å²) in [5, 5.41) is 0.472. The van der Waals surface area contributed by atoms with E-state index in [2.05, 4.69) is 4.98 Å². The molecule has 0 atom stereocenters. The van der Waals surface area contributed by atoms with Gasteiger partial charge < -0.3 is 0 Å². The lowest BCUT2D eigenvalue weighted by Crippen LogP contribution is -1.86. The van der Waals surface area contributed by atoms with Gasteiger partial charge in [-0.1, -0.05) is 17.7 Å². The molecule has 0 saturated heterocycles. The molecule has 80 valence electrons. The van der Waals surface area contributed by atoms with Crippen LogP contribution >= 0.6 is 11.6 Å². The van der Waals surface area contributed by atoms with Gasteiger partial charge in [-0.25, -0.2) is 0 Å². The molecule has 0 aliphatic carbocycles. The van der Waals surface area contributed by atoms with Gasteiger partial charge in [0.25, 0.3) is 0 Å². The van der Waals surface area contributed by atoms with Gasteiger partial charge in [0.2, 0.25) is 0 Å². The highest BCUT2D eigenvalue weighted by Crippen LogP contribution is 2.24. The number of rotatable bonds is 2. The lowest BCUT2D eigenvalue weighted by molar-refractivity contribution is 0.112. The predicted octanol–water partition coefficient (Wildman–Crippen LogP) is 3.52. The van der Waals surface area contributed by atoms with Crippen LogP contribution in [0.4, 0.5) is 0 Å². The van der Waals surface area contributed by atoms with E-state index >= 15 is 0 Å². The van der Waals surface area contributed by atoms with Crippen molar-refractivity contribution >= 4 is 17.9 Å². The maximum Gasteiger partial charge on any atom is 0.151 e. The molecule has 1 aromatic heterocycles. The van der Waals surface area contributed by atoms with Crippen LogP contribution in [0.25, 0.3) is 11.1 Å². The fourth-order valence-electron chi connectivity index (χ4n) is 1.53. The molecule has 1 heterocycles. The Labute approximate surface area is 98.9 Å². The van der Waals surface area contributed by atoms with Gasteiger partial charge in [-0.15, -0.1) is 0 Å². The molecule has 0 aliphatic heterocycles. The minimum Gasteiger partial charge on any atom is -0.298 e. The minimum absolute atomic E-state index is 0.472. The topological polar surface area (TPSA) is 30.0 Å². The molecule has 1 aromatic carbocycles. The average molecular weight is 232 g/mol. The van der Waals surface area contributed by atoms with Crippen LogP contribution < -0.4 is 0 Å². The second kappa shape index (κ2) is 4.45. The molecule has 3 heteroatoms. The number of aldehydes is 1. The van der Waals surface area contributed by atoms with E-state index in [0.717, 1.165) is 23.0 Å². The minimum atomic E-state index is 0.472. The Morgan fingerprint density at radius 3 is 2.69 bits per heavy atom. The van der Waals surface area contributed by atoms with Crippen LogP contribution in [-0.4, -0.2) is 11.3 Å². The van der Waals surface area contributed by atoms with E-state index in [0.29, 0.717) is 10.6 Å². The van der Waals surface area contributed by atoms with Gasteiger partial charge in [-0.3, -0.25) is 9.78 Å². The number of halogens is 1. The number of nitrogens with zero attached hydrogens (tertiary/aromatic N) is 1. The Morgan fingerprint density at radius 2 is 2.00 bits per heavy atom. The second-order valence-corrected chi connectivity index (χ2v) is 4.01. The largest absolute Gasteiger partial charge is 0.298 e. The Bertz CT molecular complexity index is 537. The zero-order valence-corrected chi connectivity index (χ0v) is 9.53. The molecule has 2 nitrogen and oxygen atoms in total. The Kier molecular flexibility index (Phi) is 3.02. The molecular weight excluding hydrogens is 222 g/mol. The van der Waals surface area contributed by atoms with Crippen molar-refractivity contribution in [3.8, 4) is 11.1 Å². The van der Waals surface area contributed by atoms with Crippen molar-refractivity contribution in [2.45, 2.75) is 6.92 Å². The second-order valence-electron chi connectivity index (χ2n) is 3.61. The number of hydrogen-bond donors (Lipinski definition) is 0. The summed E-state index contributed by atoms with van der Waals surface area (Å²) in [6.07, 6.45) is 4.32. The summed E-state index contributed by atoms with van der Waals surface area (Å²) < 4.78 is 0. The maximum absolute atomic E-state index is 10.8. The van der Waals surface area contributed by atoms with E-state index in [1.807, 2.05) is 19.1 Å². The summed E-state index contributed by atoms with van der Waals surface area (Å²) in [4.78, 5) is 14.9. The van der Waals surface area contributed by atoms with Gasteiger partial charge in [0, 0.05) is 23.5 Å². The third kappa shape index (κ3) is 2.12. The van der Waals surface area contributed by atoms with E-state index in [1.54, 1.807) is 24.5 Å². The number of carbonyl (C=O) groups excluding carboxylic acids is 1. The fraction of sp³-hybridized carbons (Fsp3) is 0.0769. The molecule has 0 bridgehead atoms. The molecule has 0 N–H and O–H groups in total. The van der Waals surface area contributed by atoms with Gasteiger partial charge in [0.15, 0.2) is 6.29 Å². The lowest BCUT2D eigenvalue weighted by Gasteiger charge is -2.04. The van der Waals surface area contributed by atoms with E-state index in [-0.39, 0.29) is 0 Å². The molecule has 0 radical (unpaired) electrons. The van der Waals surface area contributed by atoms with Crippen LogP contribution in [0, 0.1) is 6.92 Å². The number of pyridine rings is 1. The fourth-order valence-corrected chi connectivity index (χ4v) is 1.69. The number of hydrogen-bond acceptors (Lipinski definition) is 2. The predicted molar refractivity (Wildman–Crippen MR) is 64.8 cm³/mol. The van der Waals surface area contributed by atoms with Crippen molar-refractivity contribution in [1.82, 2.24) is 4.98 Å². The Balaban J connectivity index is 2.52. The van der Waals surface area contributed by atoms with E-state index in [9.17, 15) is 4.79 Å². The molecule has 0 fully saturated rings. The summed E-state index contributed by atoms with van der Waals surface area (Å²) in [7, 11) is 0. The van der Waals surface area contributed by atoms with E-state index in [1.165, 1.54) is 0 Å². The summed E-state index contributed by atoms with van der Waals surface area (Å²) in [6.45, 7) is 1.98. The van der Waals surface area contributed by atoms with Crippen LogP contribution in [0.5, 0.6) is 0 Å². The molecule has 0 amide bonds. The maximum atomic E-state index is 10.8. The standard InChI is InChI=1S/C13H10ClNO/c1-9-4-11(7-15-6-9)10-2-3-13(14)12(5-10)8-16/h2-8H,1H3. The lowest BCUT2D eigenvalue weighted by atomic mass is 10.0. The molecule has 0 saturated carbocycles. The first kappa shape index (κ1) is 10.8.